The molecule has 1 heterocycles. The van der Waals surface area contributed by atoms with Gasteiger partial charge in [-0.25, -0.2) is 0 Å². The van der Waals surface area contributed by atoms with Gasteiger partial charge in [-0.15, -0.1) is 0 Å². The fourth-order valence-electron chi connectivity index (χ4n) is 5.16. The van der Waals surface area contributed by atoms with Crippen LogP contribution in [0, 0.1) is 5.41 Å². The Morgan fingerprint density at radius 2 is 1.50 bits per heavy atom. The van der Waals surface area contributed by atoms with E-state index in [1.807, 2.05) is 0 Å². The van der Waals surface area contributed by atoms with Crippen molar-refractivity contribution in [3.8, 4) is 5.75 Å². The Hall–Kier alpha value is -1.06. The predicted octanol–water partition coefficient (Wildman–Crippen LogP) is 5.14. The van der Waals surface area contributed by atoms with Gasteiger partial charge in [-0.3, -0.25) is 0 Å². The average molecular weight is 329 g/mol. The zero-order valence-electron chi connectivity index (χ0n) is 14.8. The number of benzene rings is 1. The van der Waals surface area contributed by atoms with Gasteiger partial charge in [0.25, 0.3) is 0 Å². The predicted molar refractivity (Wildman–Crippen MR) is 95.6 cm³/mol. The highest BCUT2D eigenvalue weighted by atomic mass is 16.5. The van der Waals surface area contributed by atoms with Crippen molar-refractivity contribution in [2.75, 3.05) is 13.1 Å². The first kappa shape index (κ1) is 16.4. The fourth-order valence-corrected chi connectivity index (χ4v) is 5.16. The Bertz CT molecular complexity index is 517. The molecule has 1 aliphatic heterocycles. The molecule has 0 bridgehead atoms. The summed E-state index contributed by atoms with van der Waals surface area (Å²) in [6.07, 6.45) is 13.5. The molecule has 4 rings (SSSR count). The van der Waals surface area contributed by atoms with Crippen molar-refractivity contribution in [3.05, 3.63) is 29.8 Å². The number of piperidine rings is 1. The second-order valence-corrected chi connectivity index (χ2v) is 8.32. The van der Waals surface area contributed by atoms with Crippen LogP contribution < -0.4 is 4.74 Å². The quantitative estimate of drug-likeness (QED) is 0.833. The van der Waals surface area contributed by atoms with E-state index in [0.717, 1.165) is 31.7 Å². The molecule has 132 valence electrons. The van der Waals surface area contributed by atoms with E-state index in [1.165, 1.54) is 62.0 Å². The lowest BCUT2D eigenvalue weighted by atomic mass is 9.72. The summed E-state index contributed by atoms with van der Waals surface area (Å²) in [5, 5.41) is 10.9. The molecule has 3 aliphatic rings. The monoisotopic (exact) mass is 329 g/mol. The summed E-state index contributed by atoms with van der Waals surface area (Å²) in [7, 11) is 0. The lowest BCUT2D eigenvalue weighted by Gasteiger charge is -2.37. The highest BCUT2D eigenvalue weighted by Crippen LogP contribution is 2.49. The third-order valence-corrected chi connectivity index (χ3v) is 6.78. The Labute approximate surface area is 146 Å². The van der Waals surface area contributed by atoms with Crippen molar-refractivity contribution in [3.63, 3.8) is 0 Å². The molecule has 1 N–H and O–H groups in total. The van der Waals surface area contributed by atoms with E-state index in [2.05, 4.69) is 24.3 Å². The Morgan fingerprint density at radius 1 is 0.875 bits per heavy atom. The SMILES string of the molecule is ON1CCC(c2ccc(OC3CCC4(CCCC4)CC3)cc2)CC1. The van der Waals surface area contributed by atoms with E-state index in [-0.39, 0.29) is 0 Å². The summed E-state index contributed by atoms with van der Waals surface area (Å²) in [5.41, 5.74) is 2.08. The Balaban J connectivity index is 1.30. The first-order valence-electron chi connectivity index (χ1n) is 9.93. The molecule has 0 aromatic heterocycles. The van der Waals surface area contributed by atoms with Crippen molar-refractivity contribution < 1.29 is 9.94 Å². The molecule has 3 nitrogen and oxygen atoms in total. The molecule has 0 radical (unpaired) electrons. The summed E-state index contributed by atoms with van der Waals surface area (Å²) < 4.78 is 6.27. The molecular weight excluding hydrogens is 298 g/mol. The zero-order chi connectivity index (χ0) is 16.4. The summed E-state index contributed by atoms with van der Waals surface area (Å²) in [5.74, 6) is 1.62. The number of hydrogen-bond donors (Lipinski definition) is 1. The Morgan fingerprint density at radius 3 is 2.12 bits per heavy atom. The van der Waals surface area contributed by atoms with E-state index in [4.69, 9.17) is 4.74 Å². The van der Waals surface area contributed by atoms with Gasteiger partial charge in [0.15, 0.2) is 0 Å². The van der Waals surface area contributed by atoms with E-state index in [1.54, 1.807) is 0 Å². The molecule has 0 unspecified atom stereocenters. The van der Waals surface area contributed by atoms with Crippen LogP contribution in [0.4, 0.5) is 0 Å². The third kappa shape index (κ3) is 3.62. The summed E-state index contributed by atoms with van der Waals surface area (Å²) in [6.45, 7) is 1.57. The van der Waals surface area contributed by atoms with Gasteiger partial charge in [0.1, 0.15) is 5.75 Å². The lowest BCUT2D eigenvalue weighted by molar-refractivity contribution is -0.106. The van der Waals surface area contributed by atoms with Gasteiger partial charge >= 0.3 is 0 Å². The molecular formula is C21H31NO2. The van der Waals surface area contributed by atoms with E-state index in [9.17, 15) is 5.21 Å². The van der Waals surface area contributed by atoms with Crippen LogP contribution in [0.2, 0.25) is 0 Å². The minimum Gasteiger partial charge on any atom is -0.490 e. The maximum absolute atomic E-state index is 9.49. The second kappa shape index (κ2) is 7.05. The third-order valence-electron chi connectivity index (χ3n) is 6.78. The van der Waals surface area contributed by atoms with Crippen molar-refractivity contribution in [2.24, 2.45) is 5.41 Å². The van der Waals surface area contributed by atoms with Crippen LogP contribution in [-0.2, 0) is 0 Å². The number of hydroxylamine groups is 2. The second-order valence-electron chi connectivity index (χ2n) is 8.32. The van der Waals surface area contributed by atoms with Gasteiger partial charge in [0.05, 0.1) is 6.10 Å². The van der Waals surface area contributed by atoms with E-state index < -0.39 is 0 Å². The van der Waals surface area contributed by atoms with E-state index in [0.29, 0.717) is 17.4 Å². The van der Waals surface area contributed by atoms with Crippen LogP contribution in [0.1, 0.15) is 75.7 Å². The Kier molecular flexibility index (Phi) is 4.82. The van der Waals surface area contributed by atoms with Crippen molar-refractivity contribution in [2.45, 2.75) is 76.2 Å². The fraction of sp³-hybridized carbons (Fsp3) is 0.714. The first-order chi connectivity index (χ1) is 11.7. The summed E-state index contributed by atoms with van der Waals surface area (Å²) in [4.78, 5) is 0. The molecule has 1 aromatic rings. The maximum Gasteiger partial charge on any atom is 0.119 e. The standard InChI is InChI=1S/C21H31NO2/c23-22-15-9-18(10-16-22)17-3-5-19(6-4-17)24-20-7-13-21(14-8-20)11-1-2-12-21/h3-6,18,20,23H,1-2,7-16H2. The van der Waals surface area contributed by atoms with Gasteiger partial charge in [-0.1, -0.05) is 25.0 Å². The molecule has 3 heteroatoms. The molecule has 3 fully saturated rings. The molecule has 2 aliphatic carbocycles. The topological polar surface area (TPSA) is 32.7 Å². The maximum atomic E-state index is 9.49. The molecule has 1 aromatic carbocycles. The van der Waals surface area contributed by atoms with E-state index >= 15 is 0 Å². The van der Waals surface area contributed by atoms with Gasteiger partial charge in [0, 0.05) is 13.1 Å². The lowest BCUT2D eigenvalue weighted by Crippen LogP contribution is -2.30. The van der Waals surface area contributed by atoms with Gasteiger partial charge in [-0.2, -0.15) is 5.06 Å². The van der Waals surface area contributed by atoms with Crippen LogP contribution in [0.25, 0.3) is 0 Å². The van der Waals surface area contributed by atoms with Gasteiger partial charge in [-0.05, 0) is 80.4 Å². The molecule has 1 saturated heterocycles. The normalized spacial score (nSPS) is 26.0. The highest BCUT2D eigenvalue weighted by molar-refractivity contribution is 5.30. The van der Waals surface area contributed by atoms with Gasteiger partial charge in [0.2, 0.25) is 0 Å². The number of hydrogen-bond acceptors (Lipinski definition) is 3. The van der Waals surface area contributed by atoms with Crippen LogP contribution in [0.5, 0.6) is 5.75 Å². The highest BCUT2D eigenvalue weighted by Gasteiger charge is 2.38. The summed E-state index contributed by atoms with van der Waals surface area (Å²) >= 11 is 0. The van der Waals surface area contributed by atoms with Crippen molar-refractivity contribution in [1.29, 1.82) is 0 Å². The number of ether oxygens (including phenoxy) is 1. The van der Waals surface area contributed by atoms with Crippen molar-refractivity contribution in [1.82, 2.24) is 5.06 Å². The molecule has 0 amide bonds. The molecule has 1 spiro atoms. The minimum atomic E-state index is 0.416. The number of rotatable bonds is 3. The summed E-state index contributed by atoms with van der Waals surface area (Å²) in [6, 6.07) is 8.77. The average Bonchev–Trinajstić information content (AvgIpc) is 3.07. The van der Waals surface area contributed by atoms with Crippen LogP contribution in [0.15, 0.2) is 24.3 Å². The van der Waals surface area contributed by atoms with Crippen LogP contribution in [0.3, 0.4) is 0 Å². The minimum absolute atomic E-state index is 0.416. The van der Waals surface area contributed by atoms with Crippen molar-refractivity contribution >= 4 is 0 Å². The first-order valence-corrected chi connectivity index (χ1v) is 9.93. The largest absolute Gasteiger partial charge is 0.490 e. The number of nitrogens with zero attached hydrogens (tertiary/aromatic N) is 1. The molecule has 24 heavy (non-hydrogen) atoms. The van der Waals surface area contributed by atoms with Gasteiger partial charge < -0.3 is 9.94 Å². The van der Waals surface area contributed by atoms with Crippen LogP contribution in [-0.4, -0.2) is 29.5 Å². The smallest absolute Gasteiger partial charge is 0.119 e. The molecule has 0 atom stereocenters. The molecule has 2 saturated carbocycles. The van der Waals surface area contributed by atoms with Crippen LogP contribution >= 0.6 is 0 Å². The zero-order valence-corrected chi connectivity index (χ0v) is 14.8.